The van der Waals surface area contributed by atoms with Crippen molar-refractivity contribution in [1.82, 2.24) is 21.3 Å². The predicted octanol–water partition coefficient (Wildman–Crippen LogP) is 2.27. The van der Waals surface area contributed by atoms with Gasteiger partial charge in [0, 0.05) is 13.1 Å². The van der Waals surface area contributed by atoms with Gasteiger partial charge >= 0.3 is 0 Å². The molecule has 0 spiro atoms. The van der Waals surface area contributed by atoms with Gasteiger partial charge in [0.1, 0.15) is 0 Å². The highest BCUT2D eigenvalue weighted by Gasteiger charge is 2.50. The zero-order chi connectivity index (χ0) is 24.1. The van der Waals surface area contributed by atoms with Crippen LogP contribution in [0.3, 0.4) is 0 Å². The fourth-order valence-electron chi connectivity index (χ4n) is 6.90. The molecule has 0 saturated heterocycles. The van der Waals surface area contributed by atoms with Gasteiger partial charge in [0.2, 0.25) is 5.91 Å². The molecular formula is C27H53N6O. The molecule has 0 unspecified atom stereocenters. The van der Waals surface area contributed by atoms with Crippen LogP contribution < -0.4 is 32.7 Å². The summed E-state index contributed by atoms with van der Waals surface area (Å²) in [6.45, 7) is 8.97. The molecule has 7 nitrogen and oxygen atoms in total. The molecule has 8 N–H and O–H groups in total. The number of carbonyl (C=O) groups is 1. The maximum atomic E-state index is 12.2. The molecule has 1 radical (unpaired) electrons. The zero-order valence-electron chi connectivity index (χ0n) is 21.6. The van der Waals surface area contributed by atoms with E-state index in [4.69, 9.17) is 11.5 Å². The number of nitrogens with two attached hydrogens (primary N) is 2. The average molecular weight is 478 g/mol. The molecule has 34 heavy (non-hydrogen) atoms. The first-order chi connectivity index (χ1) is 16.6. The van der Waals surface area contributed by atoms with E-state index in [1.54, 1.807) is 0 Å². The summed E-state index contributed by atoms with van der Waals surface area (Å²) in [6, 6.07) is -0.383. The normalized spacial score (nSPS) is 28.4. The lowest BCUT2D eigenvalue weighted by molar-refractivity contribution is -0.122. The van der Waals surface area contributed by atoms with Gasteiger partial charge in [-0.15, -0.1) is 0 Å². The standard InChI is InChI=1S/C27H53N6O/c28-8-5-12-30-9-3-4-10-31-13-6-14-33-26(34)25(29)7-1-2-11-32-21-27-18-22-15-23(19-27)17-24(16-22)20-27/h21-25,30-32H,1-20,28-29H2,(H,33,34)/t22?,23?,24?,25-,27?/m0/s1. The molecule has 4 rings (SSSR count). The maximum Gasteiger partial charge on any atom is 0.236 e. The zero-order valence-corrected chi connectivity index (χ0v) is 21.6. The monoisotopic (exact) mass is 477 g/mol. The van der Waals surface area contributed by atoms with E-state index < -0.39 is 0 Å². The third kappa shape index (κ3) is 9.73. The average Bonchev–Trinajstić information content (AvgIpc) is 2.80. The van der Waals surface area contributed by atoms with E-state index in [1.807, 2.05) is 0 Å². The molecule has 0 aromatic rings. The van der Waals surface area contributed by atoms with E-state index >= 15 is 0 Å². The molecule has 0 heterocycles. The van der Waals surface area contributed by atoms with E-state index in [0.717, 1.165) is 89.1 Å². The first-order valence-electron chi connectivity index (χ1n) is 14.3. The first kappa shape index (κ1) is 27.9. The Morgan fingerprint density at radius 3 is 1.97 bits per heavy atom. The Morgan fingerprint density at radius 1 is 0.794 bits per heavy atom. The molecule has 4 saturated carbocycles. The van der Waals surface area contributed by atoms with Crippen LogP contribution in [0.2, 0.25) is 0 Å². The lowest BCUT2D eigenvalue weighted by Crippen LogP contribution is -2.48. The van der Waals surface area contributed by atoms with Crippen LogP contribution in [0.25, 0.3) is 0 Å². The van der Waals surface area contributed by atoms with Crippen LogP contribution in [0.1, 0.15) is 83.5 Å². The number of amides is 1. The maximum absolute atomic E-state index is 12.2. The Morgan fingerprint density at radius 2 is 1.35 bits per heavy atom. The van der Waals surface area contributed by atoms with Crippen LogP contribution in [0.15, 0.2) is 0 Å². The van der Waals surface area contributed by atoms with Gasteiger partial charge < -0.3 is 32.7 Å². The van der Waals surface area contributed by atoms with Crippen molar-refractivity contribution in [2.75, 3.05) is 45.8 Å². The topological polar surface area (TPSA) is 117 Å². The SMILES string of the molecule is NCCCNCCCCNCCCNC(=O)[C@@H](N)CCCCN[CH]C12CC3CC(CC(C3)C1)C2. The highest BCUT2D eigenvalue weighted by Crippen LogP contribution is 2.60. The molecule has 0 aromatic carbocycles. The summed E-state index contributed by atoms with van der Waals surface area (Å²) in [7, 11) is 0. The minimum absolute atomic E-state index is 0.00311. The number of hydrogen-bond donors (Lipinski definition) is 6. The van der Waals surface area contributed by atoms with Crippen LogP contribution >= 0.6 is 0 Å². The van der Waals surface area contributed by atoms with Gasteiger partial charge in [0.25, 0.3) is 0 Å². The largest absolute Gasteiger partial charge is 0.355 e. The molecule has 1 amide bonds. The highest BCUT2D eigenvalue weighted by molar-refractivity contribution is 5.81. The Balaban J connectivity index is 1.09. The molecule has 4 fully saturated rings. The molecule has 4 aliphatic carbocycles. The molecule has 1 atom stereocenters. The Labute approximate surface area is 208 Å². The third-order valence-electron chi connectivity index (χ3n) is 8.26. The Kier molecular flexibility index (Phi) is 12.6. The minimum atomic E-state index is -0.383. The Bertz CT molecular complexity index is 536. The summed E-state index contributed by atoms with van der Waals surface area (Å²) in [5, 5.41) is 13.5. The quantitative estimate of drug-likeness (QED) is 0.150. The van der Waals surface area contributed by atoms with Gasteiger partial charge in [-0.05, 0) is 139 Å². The van der Waals surface area contributed by atoms with E-state index in [0.29, 0.717) is 12.0 Å². The van der Waals surface area contributed by atoms with E-state index in [2.05, 4.69) is 27.8 Å². The van der Waals surface area contributed by atoms with Crippen molar-refractivity contribution in [3.05, 3.63) is 6.54 Å². The molecular weight excluding hydrogens is 424 g/mol. The number of unbranched alkanes of at least 4 members (excludes halogenated alkanes) is 2. The lowest BCUT2D eigenvalue weighted by Gasteiger charge is -2.56. The van der Waals surface area contributed by atoms with Gasteiger partial charge in [-0.25, -0.2) is 0 Å². The van der Waals surface area contributed by atoms with E-state index in [1.165, 1.54) is 51.4 Å². The van der Waals surface area contributed by atoms with Gasteiger partial charge in [0.15, 0.2) is 0 Å². The van der Waals surface area contributed by atoms with Crippen molar-refractivity contribution in [2.24, 2.45) is 34.6 Å². The highest BCUT2D eigenvalue weighted by atomic mass is 16.2. The second kappa shape index (κ2) is 15.4. The summed E-state index contributed by atoms with van der Waals surface area (Å²) in [5.41, 5.74) is 12.1. The molecule has 4 bridgehead atoms. The number of rotatable bonds is 20. The summed E-state index contributed by atoms with van der Waals surface area (Å²) < 4.78 is 0. The van der Waals surface area contributed by atoms with Gasteiger partial charge in [-0.1, -0.05) is 6.42 Å². The minimum Gasteiger partial charge on any atom is -0.355 e. The summed E-state index contributed by atoms with van der Waals surface area (Å²) in [4.78, 5) is 12.2. The summed E-state index contributed by atoms with van der Waals surface area (Å²) in [6.07, 6.45) is 15.9. The van der Waals surface area contributed by atoms with Gasteiger partial charge in [0.05, 0.1) is 6.04 Å². The smallest absolute Gasteiger partial charge is 0.236 e. The van der Waals surface area contributed by atoms with Crippen molar-refractivity contribution >= 4 is 5.91 Å². The predicted molar refractivity (Wildman–Crippen MR) is 141 cm³/mol. The van der Waals surface area contributed by atoms with Crippen molar-refractivity contribution in [1.29, 1.82) is 0 Å². The first-order valence-corrected chi connectivity index (χ1v) is 14.3. The summed E-state index contributed by atoms with van der Waals surface area (Å²) in [5.74, 6) is 2.99. The fraction of sp³-hybridized carbons (Fsp3) is 0.926. The van der Waals surface area contributed by atoms with Crippen LogP contribution in [0.5, 0.6) is 0 Å². The van der Waals surface area contributed by atoms with Gasteiger partial charge in [-0.2, -0.15) is 0 Å². The molecule has 197 valence electrons. The molecule has 4 aliphatic rings. The van der Waals surface area contributed by atoms with Crippen LogP contribution in [0, 0.1) is 29.7 Å². The lowest BCUT2D eigenvalue weighted by atomic mass is 9.49. The van der Waals surface area contributed by atoms with Crippen LogP contribution in [0.4, 0.5) is 0 Å². The third-order valence-corrected chi connectivity index (χ3v) is 8.26. The van der Waals surface area contributed by atoms with E-state index in [9.17, 15) is 4.79 Å². The van der Waals surface area contributed by atoms with Gasteiger partial charge in [-0.3, -0.25) is 4.79 Å². The Hall–Kier alpha value is -0.730. The summed E-state index contributed by atoms with van der Waals surface area (Å²) >= 11 is 0. The fourth-order valence-corrected chi connectivity index (χ4v) is 6.90. The molecule has 0 aliphatic heterocycles. The van der Waals surface area contributed by atoms with Crippen molar-refractivity contribution in [2.45, 2.75) is 89.5 Å². The number of hydrogen-bond acceptors (Lipinski definition) is 6. The van der Waals surface area contributed by atoms with Crippen molar-refractivity contribution in [3.8, 4) is 0 Å². The second-order valence-electron chi connectivity index (χ2n) is 11.5. The number of carbonyl (C=O) groups excluding carboxylic acids is 1. The van der Waals surface area contributed by atoms with E-state index in [-0.39, 0.29) is 11.9 Å². The van der Waals surface area contributed by atoms with Crippen molar-refractivity contribution < 1.29 is 4.79 Å². The van der Waals surface area contributed by atoms with Crippen LogP contribution in [-0.2, 0) is 4.79 Å². The molecule has 7 heteroatoms. The van der Waals surface area contributed by atoms with Crippen molar-refractivity contribution in [3.63, 3.8) is 0 Å². The molecule has 0 aromatic heterocycles. The second-order valence-corrected chi connectivity index (χ2v) is 11.5. The van der Waals surface area contributed by atoms with Crippen LogP contribution in [-0.4, -0.2) is 57.8 Å². The number of nitrogens with one attached hydrogen (secondary N) is 4.